The number of nitrogens with zero attached hydrogens (tertiary/aromatic N) is 5. The highest BCUT2D eigenvalue weighted by molar-refractivity contribution is 7.23. The Hall–Kier alpha value is -3.80. The normalized spacial score (nSPS) is 20.0. The maximum atomic E-state index is 12.9. The smallest absolute Gasteiger partial charge is 0.391 e. The van der Waals surface area contributed by atoms with Gasteiger partial charge < -0.3 is 39.4 Å². The molecular formula is C33H42F3N7O5S2. The predicted molar refractivity (Wildman–Crippen MR) is 191 cm³/mol. The minimum Gasteiger partial charge on any atom is -0.494 e. The van der Waals surface area contributed by atoms with Crippen LogP contribution in [0.4, 0.5) is 39.6 Å². The first-order chi connectivity index (χ1) is 24.1. The third-order valence-electron chi connectivity index (χ3n) is 9.37. The highest BCUT2D eigenvalue weighted by atomic mass is 32.1. The van der Waals surface area contributed by atoms with Crippen molar-refractivity contribution < 1.29 is 36.9 Å². The average molecular weight is 738 g/mol. The third kappa shape index (κ3) is 7.90. The molecule has 12 nitrogen and oxygen atoms in total. The van der Waals surface area contributed by atoms with E-state index in [1.165, 1.54) is 33.3 Å². The number of amides is 2. The van der Waals surface area contributed by atoms with Crippen LogP contribution in [0, 0.1) is 5.92 Å². The van der Waals surface area contributed by atoms with Crippen LogP contribution in [-0.4, -0.2) is 107 Å². The highest BCUT2D eigenvalue weighted by Crippen LogP contribution is 2.42. The van der Waals surface area contributed by atoms with Crippen LogP contribution in [0.1, 0.15) is 25.7 Å². The number of rotatable bonds is 6. The summed E-state index contributed by atoms with van der Waals surface area (Å²) in [7, 11) is 4.85. The fraction of sp³-hybridized carbons (Fsp3) is 0.545. The molecule has 0 spiro atoms. The summed E-state index contributed by atoms with van der Waals surface area (Å²) in [5, 5.41) is 3.83. The number of carbonyl (C=O) groups excluding carboxylic acids is 1. The molecular weight excluding hydrogens is 696 g/mol. The standard InChI is InChI=1S/C21H27F3N4O3S.C12H15N3O2S/c1-27(14-5-3-13(4-6-14)21(22,23)24)20(29)26-19-25-17-16(30-2)8-7-15(18(17)32-19)28-9-11-31-12-10-28;1-16-9-3-2-8(15-4-6-17-7-5-15)11-10(9)14-12(13)18-11/h7-8,13-14H,3-6,9-12H2,1-2H3,(H,25,26,29);2-3H,4-7H2,1H3,(H2,13,14). The van der Waals surface area contributed by atoms with Crippen molar-refractivity contribution >= 4 is 70.8 Å². The summed E-state index contributed by atoms with van der Waals surface area (Å²) >= 11 is 2.87. The molecule has 50 heavy (non-hydrogen) atoms. The Labute approximate surface area is 296 Å². The number of benzene rings is 2. The molecule has 0 bridgehead atoms. The number of nitrogen functional groups attached to an aromatic ring is 1. The molecule has 3 aliphatic rings. The van der Waals surface area contributed by atoms with E-state index >= 15 is 0 Å². The lowest BCUT2D eigenvalue weighted by molar-refractivity contribution is -0.183. The van der Waals surface area contributed by atoms with Crippen LogP contribution < -0.4 is 30.3 Å². The number of morpholine rings is 2. The van der Waals surface area contributed by atoms with Crippen molar-refractivity contribution in [1.29, 1.82) is 0 Å². The quantitative estimate of drug-likeness (QED) is 0.228. The Balaban J connectivity index is 0.000000202. The summed E-state index contributed by atoms with van der Waals surface area (Å²) in [5.74, 6) is 0.119. The van der Waals surface area contributed by atoms with Crippen LogP contribution in [-0.2, 0) is 9.47 Å². The number of carbonyl (C=O) groups is 1. The van der Waals surface area contributed by atoms with E-state index in [1.807, 2.05) is 18.2 Å². The molecule has 17 heteroatoms. The summed E-state index contributed by atoms with van der Waals surface area (Å²) < 4.78 is 62.4. The van der Waals surface area contributed by atoms with Crippen LogP contribution in [0.2, 0.25) is 0 Å². The van der Waals surface area contributed by atoms with Crippen LogP contribution in [0.5, 0.6) is 11.5 Å². The molecule has 272 valence electrons. The minimum absolute atomic E-state index is 0.0486. The number of ether oxygens (including phenoxy) is 4. The van der Waals surface area contributed by atoms with Gasteiger partial charge in [-0.1, -0.05) is 22.7 Å². The van der Waals surface area contributed by atoms with E-state index in [0.29, 0.717) is 47.6 Å². The lowest BCUT2D eigenvalue weighted by Gasteiger charge is -2.35. The number of nitrogens with one attached hydrogen (secondary N) is 1. The van der Waals surface area contributed by atoms with Crippen molar-refractivity contribution in [2.45, 2.75) is 37.9 Å². The molecule has 0 radical (unpaired) electrons. The molecule has 4 heterocycles. The van der Waals surface area contributed by atoms with Crippen molar-refractivity contribution in [2.24, 2.45) is 5.92 Å². The SMILES string of the molecule is COc1ccc(N2CCOCC2)c2sc(N)nc12.COc1ccc(N2CCOCC2)c2sc(NC(=O)N(C)C3CCC(C(F)(F)F)CC3)nc12. The molecule has 2 aromatic heterocycles. The first kappa shape index (κ1) is 36.0. The summed E-state index contributed by atoms with van der Waals surface area (Å²) in [6.07, 6.45) is -3.39. The molecule has 2 saturated heterocycles. The maximum Gasteiger partial charge on any atom is 0.391 e. The number of methoxy groups -OCH3 is 2. The predicted octanol–water partition coefficient (Wildman–Crippen LogP) is 6.45. The fourth-order valence-corrected chi connectivity index (χ4v) is 8.49. The lowest BCUT2D eigenvalue weighted by Crippen LogP contribution is -2.43. The fourth-order valence-electron chi connectivity index (χ4n) is 6.58. The van der Waals surface area contributed by atoms with Crippen molar-refractivity contribution in [3.05, 3.63) is 24.3 Å². The van der Waals surface area contributed by atoms with Gasteiger partial charge in [-0.25, -0.2) is 14.8 Å². The molecule has 1 aliphatic carbocycles. The third-order valence-corrected chi connectivity index (χ3v) is 11.3. The average Bonchev–Trinajstić information content (AvgIpc) is 3.74. The molecule has 0 atom stereocenters. The number of anilines is 4. The number of urea groups is 1. The number of hydrogen-bond acceptors (Lipinski definition) is 12. The first-order valence-electron chi connectivity index (χ1n) is 16.5. The van der Waals surface area contributed by atoms with Crippen molar-refractivity contribution in [1.82, 2.24) is 14.9 Å². The second-order valence-corrected chi connectivity index (χ2v) is 14.3. The molecule has 7 rings (SSSR count). The lowest BCUT2D eigenvalue weighted by atomic mass is 9.85. The zero-order valence-corrected chi connectivity index (χ0v) is 29.9. The first-order valence-corrected chi connectivity index (χ1v) is 18.2. The van der Waals surface area contributed by atoms with Gasteiger partial charge in [-0.2, -0.15) is 13.2 Å². The number of fused-ring (bicyclic) bond motifs is 2. The van der Waals surface area contributed by atoms with Crippen LogP contribution in [0.3, 0.4) is 0 Å². The number of hydrogen-bond donors (Lipinski definition) is 2. The summed E-state index contributed by atoms with van der Waals surface area (Å²) in [4.78, 5) is 27.8. The van der Waals surface area contributed by atoms with Crippen molar-refractivity contribution in [3.63, 3.8) is 0 Å². The van der Waals surface area contributed by atoms with Gasteiger partial charge in [-0.3, -0.25) is 5.32 Å². The van der Waals surface area contributed by atoms with E-state index in [4.69, 9.17) is 24.7 Å². The number of halogens is 3. The topological polar surface area (TPSA) is 128 Å². The van der Waals surface area contributed by atoms with Crippen LogP contribution in [0.25, 0.3) is 20.4 Å². The Kier molecular flexibility index (Phi) is 11.2. The molecule has 2 aromatic carbocycles. The Morgan fingerprint density at radius 3 is 1.86 bits per heavy atom. The number of alkyl halides is 3. The van der Waals surface area contributed by atoms with Gasteiger partial charge in [0.25, 0.3) is 0 Å². The molecule has 2 aliphatic heterocycles. The number of thiazole rings is 2. The van der Waals surface area contributed by atoms with Gasteiger partial charge in [0, 0.05) is 39.3 Å². The van der Waals surface area contributed by atoms with Crippen molar-refractivity contribution in [2.75, 3.05) is 94.7 Å². The van der Waals surface area contributed by atoms with Gasteiger partial charge in [-0.05, 0) is 49.9 Å². The zero-order valence-electron chi connectivity index (χ0n) is 28.3. The van der Waals surface area contributed by atoms with E-state index in [1.54, 1.807) is 21.3 Å². The number of aromatic nitrogens is 2. The molecule has 0 unspecified atom stereocenters. The maximum absolute atomic E-state index is 12.9. The van der Waals surface area contributed by atoms with Gasteiger partial charge in [0.2, 0.25) is 0 Å². The van der Waals surface area contributed by atoms with Gasteiger partial charge in [0.05, 0.1) is 67.3 Å². The highest BCUT2D eigenvalue weighted by Gasteiger charge is 2.42. The monoisotopic (exact) mass is 737 g/mol. The Morgan fingerprint density at radius 1 is 0.860 bits per heavy atom. The van der Waals surface area contributed by atoms with Crippen molar-refractivity contribution in [3.8, 4) is 11.5 Å². The van der Waals surface area contributed by atoms with Crippen LogP contribution in [0.15, 0.2) is 24.3 Å². The van der Waals surface area contributed by atoms with E-state index < -0.39 is 12.1 Å². The van der Waals surface area contributed by atoms with Gasteiger partial charge in [0.1, 0.15) is 22.5 Å². The Bertz CT molecular complexity index is 1770. The number of nitrogens with two attached hydrogens (primary N) is 1. The molecule has 2 amide bonds. The second kappa shape index (κ2) is 15.6. The zero-order chi connectivity index (χ0) is 35.4. The van der Waals surface area contributed by atoms with E-state index in [-0.39, 0.29) is 24.9 Å². The van der Waals surface area contributed by atoms with E-state index in [0.717, 1.165) is 65.7 Å². The van der Waals surface area contributed by atoms with Gasteiger partial charge >= 0.3 is 12.2 Å². The summed E-state index contributed by atoms with van der Waals surface area (Å²) in [6, 6.07) is 7.29. The van der Waals surface area contributed by atoms with E-state index in [9.17, 15) is 18.0 Å². The van der Waals surface area contributed by atoms with Gasteiger partial charge in [-0.15, -0.1) is 0 Å². The molecule has 1 saturated carbocycles. The second-order valence-electron chi connectivity index (χ2n) is 12.3. The van der Waals surface area contributed by atoms with Crippen LogP contribution >= 0.6 is 22.7 Å². The molecule has 4 aromatic rings. The Morgan fingerprint density at radius 2 is 1.36 bits per heavy atom. The minimum atomic E-state index is -4.16. The molecule has 3 N–H and O–H groups in total. The largest absolute Gasteiger partial charge is 0.494 e. The molecule has 3 fully saturated rings. The summed E-state index contributed by atoms with van der Waals surface area (Å²) in [5.41, 5.74) is 9.53. The summed E-state index contributed by atoms with van der Waals surface area (Å²) in [6.45, 7) is 6.17. The van der Waals surface area contributed by atoms with E-state index in [2.05, 4.69) is 31.2 Å². The van der Waals surface area contributed by atoms with Gasteiger partial charge in [0.15, 0.2) is 10.3 Å².